The van der Waals surface area contributed by atoms with Gasteiger partial charge in [-0.2, -0.15) is 5.26 Å². The number of aromatic hydroxyl groups is 2. The Balaban J connectivity index is 1.04. The number of rotatable bonds is 17. The first kappa shape index (κ1) is 44.9. The average Bonchev–Trinajstić information content (AvgIpc) is 3.75. The molecule has 17 heteroatoms. The monoisotopic (exact) mass is 868 g/mol. The van der Waals surface area contributed by atoms with E-state index in [1.54, 1.807) is 49.4 Å². The lowest BCUT2D eigenvalue weighted by molar-refractivity contribution is -0.119. The number of phenols is 2. The van der Waals surface area contributed by atoms with E-state index in [2.05, 4.69) is 16.0 Å². The number of hydrogen-bond acceptors (Lipinski definition) is 13. The van der Waals surface area contributed by atoms with Gasteiger partial charge in [-0.05, 0) is 90.4 Å². The number of benzene rings is 5. The van der Waals surface area contributed by atoms with Gasteiger partial charge in [-0.15, -0.1) is 0 Å². The van der Waals surface area contributed by atoms with Crippen molar-refractivity contribution >= 4 is 58.4 Å². The number of anilines is 3. The topological polar surface area (TPSA) is 260 Å². The Kier molecular flexibility index (Phi) is 13.9. The minimum absolute atomic E-state index is 0.00631. The molecule has 0 radical (unpaired) electrons. The van der Waals surface area contributed by atoms with Gasteiger partial charge in [0, 0.05) is 36.1 Å². The lowest BCUT2D eigenvalue weighted by atomic mass is 9.94. The highest BCUT2D eigenvalue weighted by Crippen LogP contribution is 2.41. The van der Waals surface area contributed by atoms with Gasteiger partial charge in [-0.25, -0.2) is 4.79 Å². The van der Waals surface area contributed by atoms with Crippen molar-refractivity contribution in [3.63, 3.8) is 0 Å². The molecule has 0 saturated heterocycles. The van der Waals surface area contributed by atoms with Gasteiger partial charge in [-0.1, -0.05) is 30.3 Å². The van der Waals surface area contributed by atoms with Crippen molar-refractivity contribution in [2.24, 2.45) is 5.92 Å². The molecule has 0 aromatic heterocycles. The van der Waals surface area contributed by atoms with Crippen LogP contribution in [0.5, 0.6) is 34.5 Å². The first-order valence-corrected chi connectivity index (χ1v) is 19.4. The summed E-state index contributed by atoms with van der Waals surface area (Å²) in [6.45, 7) is 1.87. The summed E-state index contributed by atoms with van der Waals surface area (Å²) in [6.07, 6.45) is 1.36. The van der Waals surface area contributed by atoms with Crippen molar-refractivity contribution in [2.45, 2.75) is 26.2 Å². The number of carboxylic acids is 1. The summed E-state index contributed by atoms with van der Waals surface area (Å²) in [7, 11) is 2.37. The second-order valence-corrected chi connectivity index (χ2v) is 14.3. The zero-order valence-corrected chi connectivity index (χ0v) is 34.5. The molecule has 6 N–H and O–H groups in total. The predicted molar refractivity (Wildman–Crippen MR) is 231 cm³/mol. The second kappa shape index (κ2) is 19.8. The SMILES string of the molecule is COc1c(NC(=O)c2ccc(NC(=O)c3ccc(NC(=O)[C@H](CC#N)CC(=O)c4ccc(CC(=O)/C(C)=C/c5ccc6c(c5)OCO6)cc4)cc3)c(OC)c2O)ccc(C(=O)O)c1O. The molecule has 3 amide bonds. The van der Waals surface area contributed by atoms with E-state index < -0.39 is 46.7 Å². The third kappa shape index (κ3) is 10.3. The minimum Gasteiger partial charge on any atom is -0.504 e. The molecule has 1 heterocycles. The van der Waals surface area contributed by atoms with E-state index in [0.717, 1.165) is 18.7 Å². The maximum absolute atomic E-state index is 13.3. The van der Waals surface area contributed by atoms with Crippen LogP contribution in [0, 0.1) is 17.2 Å². The number of aromatic carboxylic acids is 1. The first-order valence-electron chi connectivity index (χ1n) is 19.4. The Morgan fingerprint density at radius 3 is 1.97 bits per heavy atom. The van der Waals surface area contributed by atoms with Crippen molar-refractivity contribution in [3.8, 4) is 40.6 Å². The lowest BCUT2D eigenvalue weighted by Gasteiger charge is -2.16. The lowest BCUT2D eigenvalue weighted by Crippen LogP contribution is -2.25. The maximum atomic E-state index is 13.3. The number of ether oxygens (including phenoxy) is 4. The van der Waals surface area contributed by atoms with Crippen LogP contribution in [-0.2, 0) is 16.0 Å². The number of Topliss-reactive ketones (excluding diaryl/α,β-unsaturated/α-hetero) is 2. The molecular formula is C47H40N4O13. The van der Waals surface area contributed by atoms with E-state index in [1.807, 2.05) is 12.1 Å². The van der Waals surface area contributed by atoms with Gasteiger partial charge in [-0.3, -0.25) is 24.0 Å². The van der Waals surface area contributed by atoms with E-state index in [9.17, 15) is 49.3 Å². The molecule has 64 heavy (non-hydrogen) atoms. The molecule has 1 aliphatic rings. The molecule has 6 rings (SSSR count). The van der Waals surface area contributed by atoms with E-state index in [-0.39, 0.29) is 77.3 Å². The fraction of sp³-hybridized carbons (Fsp3) is 0.170. The molecule has 1 atom stereocenters. The van der Waals surface area contributed by atoms with Crippen molar-refractivity contribution < 1.29 is 63.0 Å². The summed E-state index contributed by atoms with van der Waals surface area (Å²) in [4.78, 5) is 77.2. The molecule has 0 spiro atoms. The minimum atomic E-state index is -1.42. The van der Waals surface area contributed by atoms with E-state index in [1.165, 1.54) is 49.6 Å². The van der Waals surface area contributed by atoms with Crippen molar-refractivity contribution in [1.29, 1.82) is 5.26 Å². The third-order valence-electron chi connectivity index (χ3n) is 10.1. The molecule has 0 aliphatic carbocycles. The first-order chi connectivity index (χ1) is 30.7. The van der Waals surface area contributed by atoms with Crippen LogP contribution in [0.25, 0.3) is 6.08 Å². The van der Waals surface area contributed by atoms with Gasteiger partial charge in [0.2, 0.25) is 12.7 Å². The van der Waals surface area contributed by atoms with Crippen LogP contribution < -0.4 is 34.9 Å². The number of carbonyl (C=O) groups excluding carboxylic acids is 5. The van der Waals surface area contributed by atoms with Crippen molar-refractivity contribution in [1.82, 2.24) is 0 Å². The van der Waals surface area contributed by atoms with Crippen LogP contribution in [0.1, 0.15) is 72.3 Å². The van der Waals surface area contributed by atoms with Crippen LogP contribution in [0.2, 0.25) is 0 Å². The number of methoxy groups -OCH3 is 2. The van der Waals surface area contributed by atoms with Gasteiger partial charge in [0.15, 0.2) is 46.1 Å². The number of nitrogens with one attached hydrogen (secondary N) is 3. The van der Waals surface area contributed by atoms with Crippen LogP contribution in [0.15, 0.2) is 96.6 Å². The fourth-order valence-corrected chi connectivity index (χ4v) is 6.62. The molecule has 0 unspecified atom stereocenters. The number of nitriles is 1. The molecule has 326 valence electrons. The smallest absolute Gasteiger partial charge is 0.339 e. The molecule has 1 aliphatic heterocycles. The Bertz CT molecular complexity index is 2740. The van der Waals surface area contributed by atoms with Crippen LogP contribution >= 0.6 is 0 Å². The number of nitrogens with zero attached hydrogens (tertiary/aromatic N) is 1. The fourth-order valence-electron chi connectivity index (χ4n) is 6.62. The quantitative estimate of drug-likeness (QED) is 0.0406. The van der Waals surface area contributed by atoms with Gasteiger partial charge >= 0.3 is 5.97 Å². The van der Waals surface area contributed by atoms with Gasteiger partial charge in [0.1, 0.15) is 5.56 Å². The number of allylic oxidation sites excluding steroid dienone is 1. The Morgan fingerprint density at radius 1 is 0.750 bits per heavy atom. The van der Waals surface area contributed by atoms with E-state index in [4.69, 9.17) is 18.9 Å². The summed E-state index contributed by atoms with van der Waals surface area (Å²) in [6, 6.07) is 24.3. The zero-order valence-electron chi connectivity index (χ0n) is 34.5. The molecule has 5 aromatic rings. The third-order valence-corrected chi connectivity index (χ3v) is 10.1. The number of carboxylic acid groups (broad SMARTS) is 1. The summed E-state index contributed by atoms with van der Waals surface area (Å²) >= 11 is 0. The molecule has 5 aromatic carbocycles. The number of phenolic OH excluding ortho intramolecular Hbond substituents is 1. The molecule has 0 bridgehead atoms. The van der Waals surface area contributed by atoms with E-state index in [0.29, 0.717) is 28.2 Å². The number of amides is 3. The zero-order chi connectivity index (χ0) is 46.1. The molecule has 0 fully saturated rings. The van der Waals surface area contributed by atoms with Gasteiger partial charge < -0.3 is 50.2 Å². The predicted octanol–water partition coefficient (Wildman–Crippen LogP) is 7.00. The Hall–Kier alpha value is -8.65. The molecular weight excluding hydrogens is 829 g/mol. The largest absolute Gasteiger partial charge is 0.504 e. The number of fused-ring (bicyclic) bond motifs is 1. The summed E-state index contributed by atoms with van der Waals surface area (Å²) in [5.41, 5.74) is 1.88. The number of carbonyl (C=O) groups is 6. The highest BCUT2D eigenvalue weighted by Gasteiger charge is 2.25. The van der Waals surface area contributed by atoms with Crippen LogP contribution in [0.3, 0.4) is 0 Å². The van der Waals surface area contributed by atoms with E-state index >= 15 is 0 Å². The Labute approximate surface area is 365 Å². The highest BCUT2D eigenvalue weighted by atomic mass is 16.7. The Morgan fingerprint density at radius 2 is 1.34 bits per heavy atom. The van der Waals surface area contributed by atoms with Crippen molar-refractivity contribution in [2.75, 3.05) is 37.0 Å². The normalized spacial score (nSPS) is 12.0. The van der Waals surface area contributed by atoms with Crippen LogP contribution in [0.4, 0.5) is 17.1 Å². The summed E-state index contributed by atoms with van der Waals surface area (Å²) < 4.78 is 21.1. The standard InChI is InChI=1S/C47H40N4O13/c1-25(20-27-6-17-38-39(22-27)64-24-63-38)36(52)21-26-4-7-28(8-5-26)37(53)23-30(18-19-48)45(57)49-31-11-9-29(10-12-31)44(56)50-34-15-13-32(40(54)42(34)61-2)46(58)51-35-16-14-33(47(59)60)41(55)43(35)62-3/h4-17,20,22,30,54-55H,18,21,23-24H2,1-3H3,(H,49,57)(H,50,56)(H,51,58)(H,59,60)/b25-20+/t30-/m1/s1. The number of ketones is 2. The van der Waals surface area contributed by atoms with Gasteiger partial charge in [0.25, 0.3) is 11.8 Å². The number of hydrogen-bond donors (Lipinski definition) is 6. The molecule has 17 nitrogen and oxygen atoms in total. The average molecular weight is 869 g/mol. The maximum Gasteiger partial charge on any atom is 0.339 e. The summed E-state index contributed by atoms with van der Waals surface area (Å²) in [5, 5.41) is 47.6. The van der Waals surface area contributed by atoms with Crippen molar-refractivity contribution in [3.05, 3.63) is 130 Å². The van der Waals surface area contributed by atoms with Crippen LogP contribution in [-0.4, -0.2) is 71.6 Å². The second-order valence-electron chi connectivity index (χ2n) is 14.3. The highest BCUT2D eigenvalue weighted by molar-refractivity contribution is 6.10. The molecule has 0 saturated carbocycles. The van der Waals surface area contributed by atoms with Gasteiger partial charge in [0.05, 0.1) is 43.1 Å². The summed E-state index contributed by atoms with van der Waals surface area (Å²) in [5.74, 6) is -5.72.